The van der Waals surface area contributed by atoms with Gasteiger partial charge in [-0.2, -0.15) is 11.3 Å². The Morgan fingerprint density at radius 2 is 1.79 bits per heavy atom. The Kier molecular flexibility index (Phi) is 5.40. The van der Waals surface area contributed by atoms with Gasteiger partial charge >= 0.3 is 6.03 Å². The lowest BCUT2D eigenvalue weighted by Gasteiger charge is -2.09. The molecule has 0 saturated heterocycles. The first kappa shape index (κ1) is 16.4. The highest BCUT2D eigenvalue weighted by molar-refractivity contribution is 7.08. The standard InChI is InChI=1S/C17H15ClN4OS/c18-14-3-1-12(2-4-14)9-21-17(23)22-10-15-16(20-7-6-19-15)13-5-8-24-11-13/h1-8,11H,9-10H2,(H2,21,22,23). The van der Waals surface area contributed by atoms with Gasteiger partial charge in [0.25, 0.3) is 0 Å². The number of nitrogens with one attached hydrogen (secondary N) is 2. The van der Waals surface area contributed by atoms with Crippen LogP contribution in [0.1, 0.15) is 11.3 Å². The van der Waals surface area contributed by atoms with Gasteiger partial charge in [-0.15, -0.1) is 0 Å². The van der Waals surface area contributed by atoms with E-state index in [1.165, 1.54) is 0 Å². The molecule has 2 amide bonds. The Hall–Kier alpha value is -2.44. The van der Waals surface area contributed by atoms with Crippen LogP contribution in [0.25, 0.3) is 11.3 Å². The lowest BCUT2D eigenvalue weighted by Crippen LogP contribution is -2.34. The maximum absolute atomic E-state index is 12.0. The van der Waals surface area contributed by atoms with Gasteiger partial charge in [0, 0.05) is 34.9 Å². The van der Waals surface area contributed by atoms with Crippen LogP contribution in [-0.2, 0) is 13.1 Å². The van der Waals surface area contributed by atoms with E-state index in [0.29, 0.717) is 18.1 Å². The predicted molar refractivity (Wildman–Crippen MR) is 95.9 cm³/mol. The SMILES string of the molecule is O=C(NCc1ccc(Cl)cc1)NCc1nccnc1-c1ccsc1. The van der Waals surface area contributed by atoms with Crippen molar-refractivity contribution in [2.45, 2.75) is 13.1 Å². The van der Waals surface area contributed by atoms with Crippen LogP contribution in [0.15, 0.2) is 53.5 Å². The van der Waals surface area contributed by atoms with Gasteiger partial charge in [0.05, 0.1) is 17.9 Å². The summed E-state index contributed by atoms with van der Waals surface area (Å²) in [5.41, 5.74) is 3.51. The molecule has 122 valence electrons. The molecule has 24 heavy (non-hydrogen) atoms. The fourth-order valence-electron chi connectivity index (χ4n) is 2.15. The third-order valence-corrected chi connectivity index (χ3v) is 4.29. The van der Waals surface area contributed by atoms with Gasteiger partial charge in [-0.05, 0) is 29.1 Å². The summed E-state index contributed by atoms with van der Waals surface area (Å²) in [5, 5.41) is 10.3. The van der Waals surface area contributed by atoms with E-state index in [9.17, 15) is 4.79 Å². The monoisotopic (exact) mass is 358 g/mol. The number of hydrogen-bond donors (Lipinski definition) is 2. The Bertz CT molecular complexity index is 806. The molecule has 0 bridgehead atoms. The molecule has 0 radical (unpaired) electrons. The summed E-state index contributed by atoms with van der Waals surface area (Å²) in [5.74, 6) is 0. The van der Waals surface area contributed by atoms with Gasteiger partial charge in [0.15, 0.2) is 0 Å². The number of carbonyl (C=O) groups excluding carboxylic acids is 1. The van der Waals surface area contributed by atoms with Crippen molar-refractivity contribution in [1.82, 2.24) is 20.6 Å². The molecule has 0 fully saturated rings. The third kappa shape index (κ3) is 4.31. The first-order valence-corrected chi connectivity index (χ1v) is 8.63. The zero-order chi connectivity index (χ0) is 16.8. The number of rotatable bonds is 5. The van der Waals surface area contributed by atoms with E-state index in [2.05, 4.69) is 20.6 Å². The minimum absolute atomic E-state index is 0.258. The van der Waals surface area contributed by atoms with Crippen molar-refractivity contribution in [2.75, 3.05) is 0 Å². The summed E-state index contributed by atoms with van der Waals surface area (Å²) in [7, 11) is 0. The molecule has 7 heteroatoms. The molecule has 2 N–H and O–H groups in total. The summed E-state index contributed by atoms with van der Waals surface area (Å²) in [6.07, 6.45) is 3.27. The number of halogens is 1. The van der Waals surface area contributed by atoms with E-state index < -0.39 is 0 Å². The van der Waals surface area contributed by atoms with Crippen LogP contribution in [0.4, 0.5) is 4.79 Å². The van der Waals surface area contributed by atoms with Gasteiger partial charge in [0.1, 0.15) is 0 Å². The number of amides is 2. The lowest BCUT2D eigenvalue weighted by atomic mass is 10.2. The zero-order valence-electron chi connectivity index (χ0n) is 12.7. The summed E-state index contributed by atoms with van der Waals surface area (Å²) >= 11 is 7.43. The van der Waals surface area contributed by atoms with Crippen molar-refractivity contribution in [3.05, 3.63) is 69.8 Å². The van der Waals surface area contributed by atoms with Crippen molar-refractivity contribution in [3.63, 3.8) is 0 Å². The normalized spacial score (nSPS) is 10.4. The van der Waals surface area contributed by atoms with E-state index in [1.54, 1.807) is 35.9 Å². The van der Waals surface area contributed by atoms with Crippen molar-refractivity contribution >= 4 is 29.0 Å². The second kappa shape index (κ2) is 7.90. The maximum atomic E-state index is 12.0. The highest BCUT2D eigenvalue weighted by atomic mass is 35.5. The molecule has 3 aromatic rings. The summed E-state index contributed by atoms with van der Waals surface area (Å²) in [6, 6.07) is 9.07. The Labute approximate surface area is 148 Å². The molecule has 0 atom stereocenters. The van der Waals surface area contributed by atoms with Crippen LogP contribution in [0.3, 0.4) is 0 Å². The van der Waals surface area contributed by atoms with E-state index >= 15 is 0 Å². The van der Waals surface area contributed by atoms with Crippen molar-refractivity contribution < 1.29 is 4.79 Å². The Morgan fingerprint density at radius 1 is 1.04 bits per heavy atom. The number of benzene rings is 1. The van der Waals surface area contributed by atoms with Crippen LogP contribution in [0.5, 0.6) is 0 Å². The third-order valence-electron chi connectivity index (χ3n) is 3.35. The molecular weight excluding hydrogens is 344 g/mol. The van der Waals surface area contributed by atoms with Gasteiger partial charge in [0.2, 0.25) is 0 Å². The minimum Gasteiger partial charge on any atom is -0.334 e. The maximum Gasteiger partial charge on any atom is 0.315 e. The largest absolute Gasteiger partial charge is 0.334 e. The Balaban J connectivity index is 1.56. The average Bonchev–Trinajstić information content (AvgIpc) is 3.14. The predicted octanol–water partition coefficient (Wildman–Crippen LogP) is 3.86. The van der Waals surface area contributed by atoms with Gasteiger partial charge < -0.3 is 10.6 Å². The number of thiophene rings is 1. The second-order valence-electron chi connectivity index (χ2n) is 5.03. The number of nitrogens with zero attached hydrogens (tertiary/aromatic N) is 2. The zero-order valence-corrected chi connectivity index (χ0v) is 14.3. The van der Waals surface area contributed by atoms with E-state index in [4.69, 9.17) is 11.6 Å². The molecule has 0 aliphatic rings. The molecule has 2 heterocycles. The van der Waals surface area contributed by atoms with Gasteiger partial charge in [-0.1, -0.05) is 23.7 Å². The second-order valence-corrected chi connectivity index (χ2v) is 6.24. The molecule has 3 rings (SSSR count). The number of urea groups is 1. The lowest BCUT2D eigenvalue weighted by molar-refractivity contribution is 0.240. The van der Waals surface area contributed by atoms with Crippen LogP contribution < -0.4 is 10.6 Å². The quantitative estimate of drug-likeness (QED) is 0.727. The first-order valence-electron chi connectivity index (χ1n) is 7.31. The van der Waals surface area contributed by atoms with E-state index in [1.807, 2.05) is 29.0 Å². The summed E-state index contributed by atoms with van der Waals surface area (Å²) in [6.45, 7) is 0.742. The number of carbonyl (C=O) groups is 1. The number of aromatic nitrogens is 2. The number of hydrogen-bond acceptors (Lipinski definition) is 4. The van der Waals surface area contributed by atoms with Gasteiger partial charge in [-0.3, -0.25) is 9.97 Å². The average molecular weight is 359 g/mol. The summed E-state index contributed by atoms with van der Waals surface area (Å²) < 4.78 is 0. The molecular formula is C17H15ClN4OS. The first-order chi connectivity index (χ1) is 11.7. The van der Waals surface area contributed by atoms with Crippen LogP contribution in [0.2, 0.25) is 5.02 Å². The molecule has 5 nitrogen and oxygen atoms in total. The van der Waals surface area contributed by atoms with Crippen molar-refractivity contribution in [3.8, 4) is 11.3 Å². The van der Waals surface area contributed by atoms with Crippen molar-refractivity contribution in [1.29, 1.82) is 0 Å². The van der Waals surface area contributed by atoms with E-state index in [-0.39, 0.29) is 6.03 Å². The van der Waals surface area contributed by atoms with Crippen LogP contribution >= 0.6 is 22.9 Å². The van der Waals surface area contributed by atoms with Crippen LogP contribution in [-0.4, -0.2) is 16.0 Å². The minimum atomic E-state index is -0.258. The highest BCUT2D eigenvalue weighted by Gasteiger charge is 2.09. The van der Waals surface area contributed by atoms with Crippen molar-refractivity contribution in [2.24, 2.45) is 0 Å². The topological polar surface area (TPSA) is 66.9 Å². The molecule has 0 spiro atoms. The van der Waals surface area contributed by atoms with Gasteiger partial charge in [-0.25, -0.2) is 4.79 Å². The Morgan fingerprint density at radius 3 is 2.54 bits per heavy atom. The molecule has 0 aliphatic carbocycles. The van der Waals surface area contributed by atoms with E-state index in [0.717, 1.165) is 22.5 Å². The van der Waals surface area contributed by atoms with Crippen LogP contribution in [0, 0.1) is 0 Å². The fourth-order valence-corrected chi connectivity index (χ4v) is 2.91. The molecule has 0 saturated carbocycles. The highest BCUT2D eigenvalue weighted by Crippen LogP contribution is 2.22. The smallest absolute Gasteiger partial charge is 0.315 e. The summed E-state index contributed by atoms with van der Waals surface area (Å²) in [4.78, 5) is 20.6. The molecule has 1 aromatic carbocycles. The molecule has 0 unspecified atom stereocenters. The molecule has 0 aliphatic heterocycles. The molecule has 2 aromatic heterocycles. The fraction of sp³-hybridized carbons (Fsp3) is 0.118.